The summed E-state index contributed by atoms with van der Waals surface area (Å²) in [6.45, 7) is 8.47. The Hall–Kier alpha value is -2.56. The molecule has 2 N–H and O–H groups in total. The second kappa shape index (κ2) is 7.63. The van der Waals surface area contributed by atoms with E-state index in [0.717, 1.165) is 12.2 Å². The van der Waals surface area contributed by atoms with Crippen molar-refractivity contribution in [2.45, 2.75) is 26.2 Å². The number of fused-ring (bicyclic) bond motifs is 1. The van der Waals surface area contributed by atoms with Crippen LogP contribution in [0.1, 0.15) is 30.4 Å². The van der Waals surface area contributed by atoms with Crippen LogP contribution >= 0.6 is 0 Å². The van der Waals surface area contributed by atoms with Crippen molar-refractivity contribution in [3.8, 4) is 5.75 Å². The highest BCUT2D eigenvalue weighted by Gasteiger charge is 2.21. The Balaban J connectivity index is 2.15. The number of benzene rings is 1. The van der Waals surface area contributed by atoms with E-state index in [1.165, 1.54) is 23.4 Å². The number of aryl methyl sites for hydroxylation is 1. The smallest absolute Gasteiger partial charge is 0.337 e. The molecule has 122 valence electrons. The monoisotopic (exact) mass is 314 g/mol. The van der Waals surface area contributed by atoms with Crippen LogP contribution in [-0.4, -0.2) is 30.9 Å². The van der Waals surface area contributed by atoms with Gasteiger partial charge in [0, 0.05) is 24.4 Å². The normalized spacial score (nSPS) is 17.9. The van der Waals surface area contributed by atoms with Gasteiger partial charge >= 0.3 is 5.97 Å². The molecule has 0 saturated carbocycles. The number of aliphatic carboxylic acids is 1. The summed E-state index contributed by atoms with van der Waals surface area (Å²) in [5, 5.41) is 12.5. The third-order valence-corrected chi connectivity index (χ3v) is 3.92. The first-order chi connectivity index (χ1) is 11.0. The van der Waals surface area contributed by atoms with Crippen LogP contribution in [0.2, 0.25) is 0 Å². The molecule has 0 aromatic heterocycles. The molecule has 1 unspecified atom stereocenters. The molecular weight excluding hydrogens is 292 g/mol. The average molecular weight is 314 g/mol. The van der Waals surface area contributed by atoms with E-state index in [1.54, 1.807) is 6.92 Å². The number of hydrogen-bond acceptors (Lipinski definition) is 4. The largest absolute Gasteiger partial charge is 0.493 e. The quantitative estimate of drug-likeness (QED) is 0.481. The molecule has 5 heteroatoms. The van der Waals surface area contributed by atoms with Crippen LogP contribution in [0.25, 0.3) is 0 Å². The van der Waals surface area contributed by atoms with Gasteiger partial charge in [-0.3, -0.25) is 4.99 Å². The van der Waals surface area contributed by atoms with E-state index >= 15 is 0 Å². The molecule has 1 aliphatic rings. The summed E-state index contributed by atoms with van der Waals surface area (Å²) in [6, 6.07) is 6.18. The van der Waals surface area contributed by atoms with E-state index < -0.39 is 5.97 Å². The van der Waals surface area contributed by atoms with E-state index in [2.05, 4.69) is 30.0 Å². The number of nitrogens with zero attached hydrogens (tertiary/aromatic N) is 1. The van der Waals surface area contributed by atoms with Crippen LogP contribution in [0, 0.1) is 6.92 Å². The molecule has 0 fully saturated rings. The van der Waals surface area contributed by atoms with Crippen molar-refractivity contribution in [1.29, 1.82) is 0 Å². The third-order valence-electron chi connectivity index (χ3n) is 3.92. The molecule has 0 radical (unpaired) electrons. The van der Waals surface area contributed by atoms with Crippen molar-refractivity contribution in [2.75, 3.05) is 13.2 Å². The molecule has 1 heterocycles. The van der Waals surface area contributed by atoms with Crippen LogP contribution in [-0.2, 0) is 4.79 Å². The summed E-state index contributed by atoms with van der Waals surface area (Å²) < 4.78 is 5.69. The minimum absolute atomic E-state index is 0.189. The van der Waals surface area contributed by atoms with Crippen LogP contribution in [0.3, 0.4) is 0 Å². The zero-order valence-corrected chi connectivity index (χ0v) is 13.5. The molecule has 1 aromatic carbocycles. The van der Waals surface area contributed by atoms with Gasteiger partial charge in [-0.1, -0.05) is 17.7 Å². The average Bonchev–Trinajstić information content (AvgIpc) is 2.52. The highest BCUT2D eigenvalue weighted by atomic mass is 16.5. The maximum Gasteiger partial charge on any atom is 0.337 e. The van der Waals surface area contributed by atoms with Gasteiger partial charge in [0.15, 0.2) is 0 Å². The lowest BCUT2D eigenvalue weighted by Gasteiger charge is -2.27. The molecule has 0 saturated heterocycles. The molecule has 1 atom stereocenters. The zero-order chi connectivity index (χ0) is 16.8. The van der Waals surface area contributed by atoms with Crippen LogP contribution in [0.5, 0.6) is 5.75 Å². The number of aliphatic imine (C=N–C) groups is 1. The lowest BCUT2D eigenvalue weighted by molar-refractivity contribution is -0.132. The second-order valence-corrected chi connectivity index (χ2v) is 5.60. The van der Waals surface area contributed by atoms with Gasteiger partial charge in [-0.2, -0.15) is 0 Å². The van der Waals surface area contributed by atoms with E-state index in [0.29, 0.717) is 24.8 Å². The fourth-order valence-electron chi connectivity index (χ4n) is 2.65. The Bertz CT molecular complexity index is 662. The number of carboxylic acid groups (broad SMARTS) is 1. The van der Waals surface area contributed by atoms with Gasteiger partial charge in [-0.15, -0.1) is 0 Å². The molecule has 0 amide bonds. The molecule has 1 aromatic rings. The van der Waals surface area contributed by atoms with Crippen LogP contribution in [0.4, 0.5) is 0 Å². The lowest BCUT2D eigenvalue weighted by atomic mass is 9.91. The van der Waals surface area contributed by atoms with Gasteiger partial charge in [0.25, 0.3) is 0 Å². The minimum atomic E-state index is -0.988. The highest BCUT2D eigenvalue weighted by molar-refractivity contribution is 5.90. The molecule has 0 spiro atoms. The Morgan fingerprint density at radius 1 is 1.57 bits per heavy atom. The first kappa shape index (κ1) is 16.8. The molecule has 5 nitrogen and oxygen atoms in total. The van der Waals surface area contributed by atoms with Crippen molar-refractivity contribution in [1.82, 2.24) is 5.32 Å². The van der Waals surface area contributed by atoms with Crippen molar-refractivity contribution in [2.24, 2.45) is 4.99 Å². The number of carboxylic acids is 1. The molecule has 1 aliphatic heterocycles. The number of allylic oxidation sites excluding steroid dienone is 1. The predicted molar refractivity (Wildman–Crippen MR) is 91.1 cm³/mol. The SMILES string of the molecule is C=N/C=C\C(C(=O)O)=C(/C)NCC1CCOc2ccc(C)cc21. The standard InChI is InChI=1S/C18H22N2O3/c1-12-4-5-17-16(10-12)14(7-9-23-17)11-20-13(2)15(18(21)22)6-8-19-3/h4-6,8,10,14,20H,3,7,9,11H2,1-2H3,(H,21,22)/b8-6-,15-13-. The first-order valence-electron chi connectivity index (χ1n) is 7.56. The summed E-state index contributed by atoms with van der Waals surface area (Å²) in [6.07, 6.45) is 3.73. The van der Waals surface area contributed by atoms with Crippen molar-refractivity contribution >= 4 is 12.7 Å². The van der Waals surface area contributed by atoms with Crippen LogP contribution < -0.4 is 10.1 Å². The first-order valence-corrected chi connectivity index (χ1v) is 7.56. The summed E-state index contributed by atoms with van der Waals surface area (Å²) in [4.78, 5) is 14.9. The fraction of sp³-hybridized carbons (Fsp3) is 0.333. The number of hydrogen-bond donors (Lipinski definition) is 2. The molecule has 0 bridgehead atoms. The summed E-state index contributed by atoms with van der Waals surface area (Å²) >= 11 is 0. The highest BCUT2D eigenvalue weighted by Crippen LogP contribution is 2.34. The lowest BCUT2D eigenvalue weighted by Crippen LogP contribution is -2.26. The van der Waals surface area contributed by atoms with Gasteiger partial charge in [-0.25, -0.2) is 4.79 Å². The van der Waals surface area contributed by atoms with Gasteiger partial charge in [0.2, 0.25) is 0 Å². The van der Waals surface area contributed by atoms with E-state index in [1.807, 2.05) is 12.1 Å². The minimum Gasteiger partial charge on any atom is -0.493 e. The van der Waals surface area contributed by atoms with Gasteiger partial charge in [0.05, 0.1) is 12.2 Å². The number of carbonyl (C=O) groups is 1. The summed E-state index contributed by atoms with van der Waals surface area (Å²) in [5.74, 6) is 0.229. The maximum absolute atomic E-state index is 11.3. The van der Waals surface area contributed by atoms with E-state index in [4.69, 9.17) is 4.74 Å². The third kappa shape index (κ3) is 4.22. The molecule has 2 rings (SSSR count). The molecule has 0 aliphatic carbocycles. The summed E-state index contributed by atoms with van der Waals surface area (Å²) in [5.41, 5.74) is 3.17. The van der Waals surface area contributed by atoms with Gasteiger partial charge in [-0.05, 0) is 44.7 Å². The number of rotatable bonds is 6. The van der Waals surface area contributed by atoms with Crippen molar-refractivity contribution in [3.05, 3.63) is 52.9 Å². The van der Waals surface area contributed by atoms with Gasteiger partial charge in [0.1, 0.15) is 5.75 Å². The Labute approximate surface area is 136 Å². The zero-order valence-electron chi connectivity index (χ0n) is 13.5. The molecule has 23 heavy (non-hydrogen) atoms. The summed E-state index contributed by atoms with van der Waals surface area (Å²) in [7, 11) is 0. The Morgan fingerprint density at radius 2 is 2.35 bits per heavy atom. The topological polar surface area (TPSA) is 70.9 Å². The second-order valence-electron chi connectivity index (χ2n) is 5.60. The number of ether oxygens (including phenoxy) is 1. The fourth-order valence-corrected chi connectivity index (χ4v) is 2.65. The van der Waals surface area contributed by atoms with E-state index in [-0.39, 0.29) is 5.57 Å². The van der Waals surface area contributed by atoms with Crippen molar-refractivity contribution in [3.63, 3.8) is 0 Å². The Morgan fingerprint density at radius 3 is 3.04 bits per heavy atom. The van der Waals surface area contributed by atoms with E-state index in [9.17, 15) is 9.90 Å². The van der Waals surface area contributed by atoms with Gasteiger partial charge < -0.3 is 15.2 Å². The predicted octanol–water partition coefficient (Wildman–Crippen LogP) is 3.02. The van der Waals surface area contributed by atoms with Crippen molar-refractivity contribution < 1.29 is 14.6 Å². The molecular formula is C18H22N2O3. The number of nitrogens with one attached hydrogen (secondary N) is 1. The maximum atomic E-state index is 11.3. The van der Waals surface area contributed by atoms with Crippen LogP contribution in [0.15, 0.2) is 46.7 Å². The Kier molecular flexibility index (Phi) is 5.57.